The van der Waals surface area contributed by atoms with Crippen molar-refractivity contribution in [1.82, 2.24) is 0 Å². The van der Waals surface area contributed by atoms with Gasteiger partial charge in [-0.1, -0.05) is 60.3 Å². The number of ether oxygens (including phenoxy) is 1. The Morgan fingerprint density at radius 2 is 1.91 bits per heavy atom. The van der Waals surface area contributed by atoms with E-state index in [9.17, 15) is 4.79 Å². The Hall–Kier alpha value is -1.38. The number of ketones is 1. The second-order valence-corrected chi connectivity index (χ2v) is 6.80. The predicted octanol–water partition coefficient (Wildman–Crippen LogP) is 4.74. The van der Waals surface area contributed by atoms with Crippen LogP contribution in [0.2, 0.25) is 0 Å². The molecule has 0 bridgehead atoms. The summed E-state index contributed by atoms with van der Waals surface area (Å²) < 4.78 is 6.24. The van der Waals surface area contributed by atoms with Gasteiger partial charge in [-0.25, -0.2) is 0 Å². The fourth-order valence-corrected chi connectivity index (χ4v) is 3.73. The molecular weight excluding hydrogens is 308 g/mol. The molecule has 4 unspecified atom stereocenters. The van der Waals surface area contributed by atoms with E-state index < -0.39 is 10.8 Å². The van der Waals surface area contributed by atoms with Crippen molar-refractivity contribution >= 4 is 18.2 Å². The van der Waals surface area contributed by atoms with Crippen LogP contribution in [0.4, 0.5) is 0 Å². The maximum absolute atomic E-state index is 13.3. The lowest BCUT2D eigenvalue weighted by Crippen LogP contribution is -2.58. The molecule has 1 aliphatic heterocycles. The lowest BCUT2D eigenvalue weighted by molar-refractivity contribution is -0.163. The molecule has 124 valence electrons. The van der Waals surface area contributed by atoms with Crippen LogP contribution in [0.25, 0.3) is 0 Å². The minimum atomic E-state index is -0.569. The van der Waals surface area contributed by atoms with E-state index in [0.717, 1.165) is 12.8 Å². The summed E-state index contributed by atoms with van der Waals surface area (Å²) >= 11 is 0. The number of halogens is 1. The summed E-state index contributed by atoms with van der Waals surface area (Å²) in [4.78, 5) is 13.3. The molecule has 0 aromatic heterocycles. The number of fused-ring (bicyclic) bond motifs is 2. The van der Waals surface area contributed by atoms with Gasteiger partial charge in [0.05, 0.1) is 23.0 Å². The molecule has 1 fully saturated rings. The SMILES string of the molecule is C/C=C\CCC1=CC2(C)C(=O)C3(C)C=CC=CC3OC2C=C1.Cl. The molecule has 1 heterocycles. The third-order valence-corrected chi connectivity index (χ3v) is 5.10. The number of carbonyl (C=O) groups is 1. The molecule has 0 amide bonds. The Balaban J connectivity index is 0.00000192. The van der Waals surface area contributed by atoms with Gasteiger partial charge in [-0.2, -0.15) is 0 Å². The number of carbonyl (C=O) groups excluding carboxylic acids is 1. The van der Waals surface area contributed by atoms with E-state index in [2.05, 4.69) is 30.4 Å². The van der Waals surface area contributed by atoms with Gasteiger partial charge >= 0.3 is 0 Å². The molecule has 23 heavy (non-hydrogen) atoms. The number of rotatable bonds is 3. The Morgan fingerprint density at radius 3 is 2.65 bits per heavy atom. The zero-order valence-corrected chi connectivity index (χ0v) is 14.8. The monoisotopic (exact) mass is 332 g/mol. The van der Waals surface area contributed by atoms with E-state index in [0.29, 0.717) is 0 Å². The minimum Gasteiger partial charge on any atom is -0.364 e. The highest BCUT2D eigenvalue weighted by Gasteiger charge is 2.56. The van der Waals surface area contributed by atoms with Crippen molar-refractivity contribution in [2.75, 3.05) is 0 Å². The summed E-state index contributed by atoms with van der Waals surface area (Å²) in [6, 6.07) is 0. The van der Waals surface area contributed by atoms with Gasteiger partial charge in [-0.3, -0.25) is 4.79 Å². The van der Waals surface area contributed by atoms with Crippen LogP contribution in [-0.2, 0) is 9.53 Å². The van der Waals surface area contributed by atoms with E-state index >= 15 is 0 Å². The first-order chi connectivity index (χ1) is 10.5. The molecule has 3 rings (SSSR count). The van der Waals surface area contributed by atoms with Crippen molar-refractivity contribution in [2.24, 2.45) is 10.8 Å². The quantitative estimate of drug-likeness (QED) is 0.698. The molecule has 0 radical (unpaired) electrons. The molecule has 2 aliphatic carbocycles. The van der Waals surface area contributed by atoms with Crippen molar-refractivity contribution in [3.8, 4) is 0 Å². The molecule has 0 saturated carbocycles. The van der Waals surface area contributed by atoms with Crippen LogP contribution < -0.4 is 0 Å². The third kappa shape index (κ3) is 2.90. The van der Waals surface area contributed by atoms with Crippen LogP contribution in [0.1, 0.15) is 33.6 Å². The molecular formula is C20H25ClO2. The molecule has 2 nitrogen and oxygen atoms in total. The van der Waals surface area contributed by atoms with Crippen LogP contribution in [0.15, 0.2) is 60.3 Å². The molecule has 0 spiro atoms. The first-order valence-corrected chi connectivity index (χ1v) is 8.08. The van der Waals surface area contributed by atoms with Crippen molar-refractivity contribution in [3.63, 3.8) is 0 Å². The van der Waals surface area contributed by atoms with Gasteiger partial charge in [-0.15, -0.1) is 12.4 Å². The summed E-state index contributed by atoms with van der Waals surface area (Å²) in [6.07, 6.45) is 20.1. The number of Topliss-reactive ketones (excluding diaryl/α,β-unsaturated/α-hetero) is 1. The summed E-state index contributed by atoms with van der Waals surface area (Å²) in [5, 5.41) is 0. The van der Waals surface area contributed by atoms with E-state index in [1.54, 1.807) is 0 Å². The maximum atomic E-state index is 13.3. The lowest BCUT2D eigenvalue weighted by Gasteiger charge is -2.50. The second-order valence-electron chi connectivity index (χ2n) is 6.80. The average Bonchev–Trinajstić information content (AvgIpc) is 2.50. The Labute approximate surface area is 145 Å². The Morgan fingerprint density at radius 1 is 1.17 bits per heavy atom. The summed E-state index contributed by atoms with van der Waals surface area (Å²) in [6.45, 7) is 6.05. The molecule has 4 atom stereocenters. The summed E-state index contributed by atoms with van der Waals surface area (Å²) in [5.41, 5.74) is 0.0999. The maximum Gasteiger partial charge on any atom is 0.158 e. The number of allylic oxidation sites excluding steroid dienone is 6. The van der Waals surface area contributed by atoms with E-state index in [4.69, 9.17) is 4.74 Å². The standard InChI is InChI=1S/C20H24O2.ClH/c1-4-5-6-9-15-11-12-17-20(3,14-15)18(21)19(2)13-8-7-10-16(19)22-17;/h4-5,7-8,10-14,16-17H,6,9H2,1-3H3;1H/b5-4-;. The van der Waals surface area contributed by atoms with Crippen LogP contribution >= 0.6 is 12.4 Å². The van der Waals surface area contributed by atoms with E-state index in [-0.39, 0.29) is 30.4 Å². The first kappa shape index (κ1) is 18.0. The topological polar surface area (TPSA) is 26.3 Å². The number of hydrogen-bond donors (Lipinski definition) is 0. The van der Waals surface area contributed by atoms with E-state index in [1.165, 1.54) is 5.57 Å². The Bertz CT molecular complexity index is 626. The van der Waals surface area contributed by atoms with Crippen LogP contribution in [0.5, 0.6) is 0 Å². The fraction of sp³-hybridized carbons (Fsp3) is 0.450. The minimum absolute atomic E-state index is 0. The molecule has 3 heteroatoms. The van der Waals surface area contributed by atoms with E-state index in [1.807, 2.05) is 45.1 Å². The van der Waals surface area contributed by atoms with Crippen molar-refractivity contribution in [3.05, 3.63) is 60.3 Å². The van der Waals surface area contributed by atoms with Crippen LogP contribution in [-0.4, -0.2) is 18.0 Å². The highest BCUT2D eigenvalue weighted by Crippen LogP contribution is 2.49. The normalized spacial score (nSPS) is 38.0. The highest BCUT2D eigenvalue weighted by molar-refractivity contribution is 5.96. The third-order valence-electron chi connectivity index (χ3n) is 5.10. The molecule has 0 N–H and O–H groups in total. The zero-order chi connectivity index (χ0) is 15.8. The molecule has 0 aromatic carbocycles. The summed E-state index contributed by atoms with van der Waals surface area (Å²) in [7, 11) is 0. The van der Waals surface area contributed by atoms with Gasteiger partial charge in [0.25, 0.3) is 0 Å². The second kappa shape index (κ2) is 6.62. The van der Waals surface area contributed by atoms with Crippen LogP contribution in [0, 0.1) is 10.8 Å². The molecule has 0 aromatic rings. The van der Waals surface area contributed by atoms with Gasteiger partial charge in [0, 0.05) is 0 Å². The highest BCUT2D eigenvalue weighted by atomic mass is 35.5. The Kier molecular flexibility index (Phi) is 5.17. The fourth-order valence-electron chi connectivity index (χ4n) is 3.73. The lowest BCUT2D eigenvalue weighted by atomic mass is 9.61. The van der Waals surface area contributed by atoms with Crippen molar-refractivity contribution in [2.45, 2.75) is 45.8 Å². The largest absolute Gasteiger partial charge is 0.364 e. The van der Waals surface area contributed by atoms with Crippen molar-refractivity contribution < 1.29 is 9.53 Å². The summed E-state index contributed by atoms with van der Waals surface area (Å²) in [5.74, 6) is 0.259. The average molecular weight is 333 g/mol. The van der Waals surface area contributed by atoms with Gasteiger partial charge in [0.15, 0.2) is 5.78 Å². The van der Waals surface area contributed by atoms with Crippen LogP contribution in [0.3, 0.4) is 0 Å². The number of hydrogen-bond acceptors (Lipinski definition) is 2. The molecule has 1 saturated heterocycles. The zero-order valence-electron chi connectivity index (χ0n) is 14.0. The van der Waals surface area contributed by atoms with Gasteiger partial charge < -0.3 is 4.74 Å². The van der Waals surface area contributed by atoms with Gasteiger partial charge in [0.1, 0.15) is 0 Å². The first-order valence-electron chi connectivity index (χ1n) is 8.08. The van der Waals surface area contributed by atoms with Crippen molar-refractivity contribution in [1.29, 1.82) is 0 Å². The van der Waals surface area contributed by atoms with Gasteiger partial charge in [0.2, 0.25) is 0 Å². The predicted molar refractivity (Wildman–Crippen MR) is 96.7 cm³/mol. The smallest absolute Gasteiger partial charge is 0.158 e. The molecule has 3 aliphatic rings. The van der Waals surface area contributed by atoms with Gasteiger partial charge in [-0.05, 0) is 33.6 Å².